The van der Waals surface area contributed by atoms with E-state index in [-0.39, 0.29) is 0 Å². The summed E-state index contributed by atoms with van der Waals surface area (Å²) in [6.45, 7) is 3.83. The second kappa shape index (κ2) is 3.03. The van der Waals surface area contributed by atoms with Crippen LogP contribution in [0.3, 0.4) is 0 Å². The molecule has 0 unspecified atom stereocenters. The van der Waals surface area contributed by atoms with E-state index < -0.39 is 0 Å². The lowest BCUT2D eigenvalue weighted by Gasteiger charge is -1.90. The van der Waals surface area contributed by atoms with E-state index in [1.165, 1.54) is 0 Å². The van der Waals surface area contributed by atoms with E-state index in [1.54, 1.807) is 6.20 Å². The van der Waals surface area contributed by atoms with Gasteiger partial charge < -0.3 is 0 Å². The van der Waals surface area contributed by atoms with Gasteiger partial charge in [0.25, 0.3) is 0 Å². The summed E-state index contributed by atoms with van der Waals surface area (Å²) < 4.78 is 0. The average Bonchev–Trinajstić information content (AvgIpc) is 1.88. The van der Waals surface area contributed by atoms with Crippen LogP contribution in [0, 0.1) is 18.8 Å². The SMILES string of the molecule is CC#Cc1cncc(C)c1. The molecule has 1 aromatic rings. The Morgan fingerprint density at radius 2 is 2.20 bits per heavy atom. The first-order valence-corrected chi connectivity index (χ1v) is 3.17. The van der Waals surface area contributed by atoms with Gasteiger partial charge in [-0.2, -0.15) is 0 Å². The molecule has 0 radical (unpaired) electrons. The lowest BCUT2D eigenvalue weighted by atomic mass is 10.2. The van der Waals surface area contributed by atoms with Crippen molar-refractivity contribution in [2.75, 3.05) is 0 Å². The average molecular weight is 131 g/mol. The normalized spacial score (nSPS) is 8.20. The van der Waals surface area contributed by atoms with Crippen LogP contribution in [0.5, 0.6) is 0 Å². The first-order chi connectivity index (χ1) is 4.83. The molecule has 0 spiro atoms. The Labute approximate surface area is 61.1 Å². The van der Waals surface area contributed by atoms with Crippen LogP contribution < -0.4 is 0 Å². The van der Waals surface area contributed by atoms with Crippen LogP contribution in [0.2, 0.25) is 0 Å². The smallest absolute Gasteiger partial charge is 0.0431 e. The van der Waals surface area contributed by atoms with Crippen LogP contribution in [-0.4, -0.2) is 4.98 Å². The first kappa shape index (κ1) is 6.82. The van der Waals surface area contributed by atoms with Crippen LogP contribution in [0.1, 0.15) is 18.1 Å². The number of nitrogens with zero attached hydrogens (tertiary/aromatic N) is 1. The van der Waals surface area contributed by atoms with Crippen molar-refractivity contribution in [1.82, 2.24) is 4.98 Å². The van der Waals surface area contributed by atoms with E-state index in [1.807, 2.05) is 26.1 Å². The fourth-order valence-electron chi connectivity index (χ4n) is 0.768. The monoisotopic (exact) mass is 131 g/mol. The van der Waals surface area contributed by atoms with Gasteiger partial charge in [0, 0.05) is 18.0 Å². The fourth-order valence-corrected chi connectivity index (χ4v) is 0.768. The molecule has 1 nitrogen and oxygen atoms in total. The quantitative estimate of drug-likeness (QED) is 0.489. The van der Waals surface area contributed by atoms with Crippen LogP contribution in [0.4, 0.5) is 0 Å². The molecule has 50 valence electrons. The van der Waals surface area contributed by atoms with Gasteiger partial charge in [-0.05, 0) is 25.5 Å². The van der Waals surface area contributed by atoms with E-state index in [9.17, 15) is 0 Å². The highest BCUT2D eigenvalue weighted by Gasteiger charge is 1.85. The van der Waals surface area contributed by atoms with Crippen molar-refractivity contribution in [1.29, 1.82) is 0 Å². The number of aryl methyl sites for hydroxylation is 1. The van der Waals surface area contributed by atoms with E-state index in [0.717, 1.165) is 11.1 Å². The molecule has 1 heterocycles. The molecule has 1 heteroatoms. The zero-order valence-electron chi connectivity index (χ0n) is 6.18. The lowest BCUT2D eigenvalue weighted by molar-refractivity contribution is 1.26. The summed E-state index contributed by atoms with van der Waals surface area (Å²) in [6.07, 6.45) is 3.59. The molecule has 0 saturated carbocycles. The van der Waals surface area contributed by atoms with Gasteiger partial charge >= 0.3 is 0 Å². The van der Waals surface area contributed by atoms with Crippen molar-refractivity contribution in [3.8, 4) is 11.8 Å². The molecular weight excluding hydrogens is 122 g/mol. The summed E-state index contributed by atoms with van der Waals surface area (Å²) in [5, 5.41) is 0. The molecule has 0 atom stereocenters. The Hall–Kier alpha value is -1.29. The van der Waals surface area contributed by atoms with Crippen molar-refractivity contribution in [2.24, 2.45) is 0 Å². The van der Waals surface area contributed by atoms with E-state index in [2.05, 4.69) is 16.8 Å². The summed E-state index contributed by atoms with van der Waals surface area (Å²) in [5.41, 5.74) is 2.14. The first-order valence-electron chi connectivity index (χ1n) is 3.17. The van der Waals surface area contributed by atoms with E-state index in [0.29, 0.717) is 0 Å². The van der Waals surface area contributed by atoms with Crippen molar-refractivity contribution < 1.29 is 0 Å². The minimum Gasteiger partial charge on any atom is -0.263 e. The van der Waals surface area contributed by atoms with Gasteiger partial charge in [0.15, 0.2) is 0 Å². The maximum atomic E-state index is 4.00. The van der Waals surface area contributed by atoms with Crippen molar-refractivity contribution >= 4 is 0 Å². The summed E-state index contributed by atoms with van der Waals surface area (Å²) in [6, 6.07) is 2.02. The largest absolute Gasteiger partial charge is 0.263 e. The molecule has 0 aliphatic carbocycles. The minimum absolute atomic E-state index is 0.988. The molecule has 0 aliphatic rings. The van der Waals surface area contributed by atoms with Crippen molar-refractivity contribution in [3.05, 3.63) is 29.6 Å². The van der Waals surface area contributed by atoms with Gasteiger partial charge in [-0.15, -0.1) is 5.92 Å². The van der Waals surface area contributed by atoms with Gasteiger partial charge in [-0.1, -0.05) is 5.92 Å². The summed E-state index contributed by atoms with van der Waals surface area (Å²) in [4.78, 5) is 4.00. The Bertz CT molecular complexity index is 278. The highest BCUT2D eigenvalue weighted by molar-refractivity contribution is 5.33. The summed E-state index contributed by atoms with van der Waals surface area (Å²) in [5.74, 6) is 5.76. The maximum absolute atomic E-state index is 4.00. The third-order valence-electron chi connectivity index (χ3n) is 1.14. The lowest BCUT2D eigenvalue weighted by Crippen LogP contribution is -1.79. The van der Waals surface area contributed by atoms with Gasteiger partial charge in [0.1, 0.15) is 0 Å². The van der Waals surface area contributed by atoms with E-state index >= 15 is 0 Å². The molecule has 0 bridgehead atoms. The second-order valence-electron chi connectivity index (χ2n) is 2.13. The number of aromatic nitrogens is 1. The van der Waals surface area contributed by atoms with Crippen molar-refractivity contribution in [3.63, 3.8) is 0 Å². The Morgan fingerprint density at radius 1 is 1.40 bits per heavy atom. The number of rotatable bonds is 0. The molecule has 0 saturated heterocycles. The zero-order valence-corrected chi connectivity index (χ0v) is 6.18. The molecule has 10 heavy (non-hydrogen) atoms. The third-order valence-corrected chi connectivity index (χ3v) is 1.14. The topological polar surface area (TPSA) is 12.9 Å². The fraction of sp³-hybridized carbons (Fsp3) is 0.222. The second-order valence-corrected chi connectivity index (χ2v) is 2.13. The number of pyridine rings is 1. The zero-order chi connectivity index (χ0) is 7.40. The van der Waals surface area contributed by atoms with Gasteiger partial charge in [-0.3, -0.25) is 4.98 Å². The van der Waals surface area contributed by atoms with E-state index in [4.69, 9.17) is 0 Å². The number of hydrogen-bond donors (Lipinski definition) is 0. The van der Waals surface area contributed by atoms with Gasteiger partial charge in [0.2, 0.25) is 0 Å². The van der Waals surface area contributed by atoms with Crippen LogP contribution in [0.15, 0.2) is 18.5 Å². The highest BCUT2D eigenvalue weighted by atomic mass is 14.6. The van der Waals surface area contributed by atoms with Crippen LogP contribution in [0.25, 0.3) is 0 Å². The standard InChI is InChI=1S/C9H9N/c1-3-4-9-5-8(2)6-10-7-9/h5-7H,1-2H3. The maximum Gasteiger partial charge on any atom is 0.0431 e. The highest BCUT2D eigenvalue weighted by Crippen LogP contribution is 1.97. The van der Waals surface area contributed by atoms with Crippen LogP contribution >= 0.6 is 0 Å². The number of hydrogen-bond acceptors (Lipinski definition) is 1. The Kier molecular flexibility index (Phi) is 2.07. The third kappa shape index (κ3) is 1.60. The Balaban J connectivity index is 3.03. The molecule has 0 amide bonds. The van der Waals surface area contributed by atoms with Gasteiger partial charge in [-0.25, -0.2) is 0 Å². The van der Waals surface area contributed by atoms with Crippen molar-refractivity contribution in [2.45, 2.75) is 13.8 Å². The van der Waals surface area contributed by atoms with Crippen LogP contribution in [-0.2, 0) is 0 Å². The Morgan fingerprint density at radius 3 is 2.80 bits per heavy atom. The summed E-state index contributed by atoms with van der Waals surface area (Å²) >= 11 is 0. The summed E-state index contributed by atoms with van der Waals surface area (Å²) in [7, 11) is 0. The predicted molar refractivity (Wildman–Crippen MR) is 41.5 cm³/mol. The molecule has 1 aromatic heterocycles. The van der Waals surface area contributed by atoms with Gasteiger partial charge in [0.05, 0.1) is 0 Å². The molecule has 0 aliphatic heterocycles. The predicted octanol–water partition coefficient (Wildman–Crippen LogP) is 1.76. The molecule has 0 aromatic carbocycles. The molecule has 1 rings (SSSR count). The molecule has 0 fully saturated rings. The molecular formula is C9H9N. The molecule has 0 N–H and O–H groups in total. The minimum atomic E-state index is 0.988.